The SMILES string of the molecule is CCOC(=O)[C@@H](CC1CCCC1)[C@H](N)C(F)(F)F. The summed E-state index contributed by atoms with van der Waals surface area (Å²) < 4.78 is 42.6. The lowest BCUT2D eigenvalue weighted by atomic mass is 9.88. The number of nitrogens with two attached hydrogens (primary N) is 1. The van der Waals surface area contributed by atoms with Crippen LogP contribution in [0.1, 0.15) is 39.0 Å². The normalized spacial score (nSPS) is 20.7. The maximum atomic E-state index is 12.6. The number of alkyl halides is 3. The van der Waals surface area contributed by atoms with Crippen molar-refractivity contribution in [1.29, 1.82) is 0 Å². The van der Waals surface area contributed by atoms with Gasteiger partial charge < -0.3 is 10.5 Å². The third kappa shape index (κ3) is 4.15. The lowest BCUT2D eigenvalue weighted by molar-refractivity contribution is -0.177. The van der Waals surface area contributed by atoms with Crippen molar-refractivity contribution >= 4 is 5.97 Å². The van der Waals surface area contributed by atoms with E-state index in [0.29, 0.717) is 0 Å². The number of hydrogen-bond acceptors (Lipinski definition) is 3. The van der Waals surface area contributed by atoms with E-state index in [0.717, 1.165) is 25.7 Å². The Labute approximate surface area is 105 Å². The Kier molecular flexibility index (Phi) is 5.44. The molecule has 0 bridgehead atoms. The van der Waals surface area contributed by atoms with Gasteiger partial charge in [0.05, 0.1) is 12.5 Å². The first-order chi connectivity index (χ1) is 8.36. The van der Waals surface area contributed by atoms with Gasteiger partial charge >= 0.3 is 12.1 Å². The van der Waals surface area contributed by atoms with Crippen LogP contribution in [-0.2, 0) is 9.53 Å². The van der Waals surface area contributed by atoms with Gasteiger partial charge in [-0.15, -0.1) is 0 Å². The van der Waals surface area contributed by atoms with E-state index < -0.39 is 24.1 Å². The molecule has 18 heavy (non-hydrogen) atoms. The van der Waals surface area contributed by atoms with Crippen molar-refractivity contribution in [3.63, 3.8) is 0 Å². The minimum absolute atomic E-state index is 0.0740. The van der Waals surface area contributed by atoms with Crippen LogP contribution in [0.25, 0.3) is 0 Å². The van der Waals surface area contributed by atoms with Crippen LogP contribution in [0.15, 0.2) is 0 Å². The number of carbonyl (C=O) groups is 1. The second kappa shape index (κ2) is 6.41. The zero-order valence-electron chi connectivity index (χ0n) is 10.5. The van der Waals surface area contributed by atoms with Gasteiger partial charge in [-0.2, -0.15) is 13.2 Å². The highest BCUT2D eigenvalue weighted by molar-refractivity contribution is 5.73. The highest BCUT2D eigenvalue weighted by Crippen LogP contribution is 2.35. The predicted molar refractivity (Wildman–Crippen MR) is 60.7 cm³/mol. The van der Waals surface area contributed by atoms with E-state index in [1.54, 1.807) is 6.92 Å². The second-order valence-corrected chi connectivity index (χ2v) is 4.81. The number of halogens is 3. The molecule has 1 rings (SSSR count). The molecule has 1 saturated carbocycles. The first-order valence-corrected chi connectivity index (χ1v) is 6.35. The topological polar surface area (TPSA) is 52.3 Å². The van der Waals surface area contributed by atoms with Crippen molar-refractivity contribution in [2.45, 2.75) is 51.2 Å². The van der Waals surface area contributed by atoms with E-state index in [1.165, 1.54) is 0 Å². The fourth-order valence-electron chi connectivity index (χ4n) is 2.47. The second-order valence-electron chi connectivity index (χ2n) is 4.81. The summed E-state index contributed by atoms with van der Waals surface area (Å²) in [5.74, 6) is -1.94. The van der Waals surface area contributed by atoms with E-state index >= 15 is 0 Å². The summed E-state index contributed by atoms with van der Waals surface area (Å²) in [6, 6.07) is -2.13. The third-order valence-corrected chi connectivity index (χ3v) is 3.46. The van der Waals surface area contributed by atoms with Crippen LogP contribution in [-0.4, -0.2) is 24.8 Å². The molecule has 6 heteroatoms. The van der Waals surface area contributed by atoms with Crippen LogP contribution in [0.2, 0.25) is 0 Å². The standard InChI is InChI=1S/C12H20F3NO2/c1-2-18-11(17)9(10(16)12(13,14)15)7-8-5-3-4-6-8/h8-10H,2-7,16H2,1H3/t9-,10-/m0/s1. The van der Waals surface area contributed by atoms with Crippen molar-refractivity contribution in [3.8, 4) is 0 Å². The molecule has 106 valence electrons. The highest BCUT2D eigenvalue weighted by Gasteiger charge is 2.46. The van der Waals surface area contributed by atoms with E-state index in [4.69, 9.17) is 10.5 Å². The summed E-state index contributed by atoms with van der Waals surface area (Å²) in [7, 11) is 0. The van der Waals surface area contributed by atoms with Crippen molar-refractivity contribution in [1.82, 2.24) is 0 Å². The van der Waals surface area contributed by atoms with Gasteiger partial charge in [0.2, 0.25) is 0 Å². The molecule has 0 heterocycles. The Hall–Kier alpha value is -0.780. The minimum Gasteiger partial charge on any atom is -0.466 e. The molecule has 0 unspecified atom stereocenters. The number of hydrogen-bond donors (Lipinski definition) is 1. The summed E-state index contributed by atoms with van der Waals surface area (Å²) in [5.41, 5.74) is 5.18. The Morgan fingerprint density at radius 2 is 1.94 bits per heavy atom. The maximum Gasteiger partial charge on any atom is 0.404 e. The molecule has 0 aromatic heterocycles. The average molecular weight is 267 g/mol. The van der Waals surface area contributed by atoms with Crippen molar-refractivity contribution in [3.05, 3.63) is 0 Å². The summed E-state index contributed by atoms with van der Waals surface area (Å²) in [5, 5.41) is 0. The summed E-state index contributed by atoms with van der Waals surface area (Å²) in [4.78, 5) is 11.6. The summed E-state index contributed by atoms with van der Waals surface area (Å²) in [6.07, 6.45) is -0.598. The number of rotatable bonds is 5. The molecule has 3 nitrogen and oxygen atoms in total. The summed E-state index contributed by atoms with van der Waals surface area (Å²) in [6.45, 7) is 1.65. The molecule has 0 aromatic carbocycles. The van der Waals surface area contributed by atoms with Crippen LogP contribution in [0.3, 0.4) is 0 Å². The number of carbonyl (C=O) groups excluding carboxylic acids is 1. The lowest BCUT2D eigenvalue weighted by Crippen LogP contribution is -2.48. The first-order valence-electron chi connectivity index (χ1n) is 6.35. The highest BCUT2D eigenvalue weighted by atomic mass is 19.4. The lowest BCUT2D eigenvalue weighted by Gasteiger charge is -2.26. The van der Waals surface area contributed by atoms with Crippen LogP contribution >= 0.6 is 0 Å². The van der Waals surface area contributed by atoms with Gasteiger partial charge in [-0.25, -0.2) is 0 Å². The van der Waals surface area contributed by atoms with Gasteiger partial charge in [-0.3, -0.25) is 4.79 Å². The Morgan fingerprint density at radius 3 is 2.39 bits per heavy atom. The first kappa shape index (κ1) is 15.3. The average Bonchev–Trinajstić information content (AvgIpc) is 2.76. The Morgan fingerprint density at radius 1 is 1.39 bits per heavy atom. The third-order valence-electron chi connectivity index (χ3n) is 3.46. The molecule has 0 amide bonds. The van der Waals surface area contributed by atoms with E-state index in [9.17, 15) is 18.0 Å². The zero-order valence-corrected chi connectivity index (χ0v) is 10.5. The predicted octanol–water partition coefficient (Wildman–Crippen LogP) is 2.64. The van der Waals surface area contributed by atoms with Gasteiger partial charge in [0.15, 0.2) is 0 Å². The van der Waals surface area contributed by atoms with Gasteiger partial charge in [0.25, 0.3) is 0 Å². The van der Waals surface area contributed by atoms with Gasteiger partial charge in [0, 0.05) is 0 Å². The molecule has 2 N–H and O–H groups in total. The largest absolute Gasteiger partial charge is 0.466 e. The monoisotopic (exact) mass is 267 g/mol. The molecule has 0 aromatic rings. The zero-order chi connectivity index (χ0) is 13.8. The van der Waals surface area contributed by atoms with Crippen molar-refractivity contribution in [2.24, 2.45) is 17.6 Å². The molecule has 1 fully saturated rings. The molecule has 0 aliphatic heterocycles. The van der Waals surface area contributed by atoms with Gasteiger partial charge in [0.1, 0.15) is 6.04 Å². The quantitative estimate of drug-likeness (QED) is 0.779. The molecule has 2 atom stereocenters. The Balaban J connectivity index is 2.70. The van der Waals surface area contributed by atoms with Gasteiger partial charge in [-0.05, 0) is 19.3 Å². The fraction of sp³-hybridized carbons (Fsp3) is 0.917. The molecule has 0 saturated heterocycles. The molecular weight excluding hydrogens is 247 g/mol. The molecule has 0 spiro atoms. The maximum absolute atomic E-state index is 12.6. The van der Waals surface area contributed by atoms with Crippen molar-refractivity contribution in [2.75, 3.05) is 6.61 Å². The number of ether oxygens (including phenoxy) is 1. The number of esters is 1. The van der Waals surface area contributed by atoms with Gasteiger partial charge in [-0.1, -0.05) is 25.7 Å². The minimum atomic E-state index is -4.56. The van der Waals surface area contributed by atoms with Crippen LogP contribution < -0.4 is 5.73 Å². The Bertz CT molecular complexity index is 275. The fourth-order valence-corrected chi connectivity index (χ4v) is 2.47. The van der Waals surface area contributed by atoms with Crippen LogP contribution in [0.4, 0.5) is 13.2 Å². The summed E-state index contributed by atoms with van der Waals surface area (Å²) >= 11 is 0. The van der Waals surface area contributed by atoms with Crippen LogP contribution in [0.5, 0.6) is 0 Å². The molecule has 0 radical (unpaired) electrons. The molecule has 1 aliphatic carbocycles. The van der Waals surface area contributed by atoms with E-state index in [-0.39, 0.29) is 18.9 Å². The molecular formula is C12H20F3NO2. The van der Waals surface area contributed by atoms with Crippen molar-refractivity contribution < 1.29 is 22.7 Å². The van der Waals surface area contributed by atoms with Crippen LogP contribution in [0, 0.1) is 11.8 Å². The smallest absolute Gasteiger partial charge is 0.404 e. The van der Waals surface area contributed by atoms with E-state index in [2.05, 4.69) is 0 Å². The molecule has 1 aliphatic rings. The van der Waals surface area contributed by atoms with E-state index in [1.807, 2.05) is 0 Å².